The number of aliphatic hydroxyl groups is 1. The predicted octanol–water partition coefficient (Wildman–Crippen LogP) is 4.43. The molecule has 0 bridgehead atoms. The fourth-order valence-corrected chi connectivity index (χ4v) is 3.18. The fraction of sp³-hybridized carbons (Fsp3) is 0.375. The highest BCUT2D eigenvalue weighted by Crippen LogP contribution is 2.45. The van der Waals surface area contributed by atoms with Crippen LogP contribution in [0.3, 0.4) is 0 Å². The third kappa shape index (κ3) is 2.05. The van der Waals surface area contributed by atoms with Crippen LogP contribution in [0.15, 0.2) is 45.7 Å². The molecule has 100 valence electrons. The quantitative estimate of drug-likeness (QED) is 0.766. The molecule has 2 aliphatic rings. The lowest BCUT2D eigenvalue weighted by Gasteiger charge is -2.26. The number of fused-ring (bicyclic) bond motifs is 2. The second kappa shape index (κ2) is 4.50. The molecule has 3 rings (SSSR count). The van der Waals surface area contributed by atoms with Crippen LogP contribution in [0.2, 0.25) is 0 Å². The molecule has 0 spiro atoms. The van der Waals surface area contributed by atoms with Crippen molar-refractivity contribution < 1.29 is 9.84 Å². The number of halogens is 1. The molecule has 1 aromatic carbocycles. The molecule has 0 amide bonds. The summed E-state index contributed by atoms with van der Waals surface area (Å²) in [5.41, 5.74) is 1.99. The fourth-order valence-electron chi connectivity index (χ4n) is 2.82. The Labute approximate surface area is 121 Å². The Morgan fingerprint density at radius 2 is 2.16 bits per heavy atom. The van der Waals surface area contributed by atoms with Crippen molar-refractivity contribution in [3.8, 4) is 5.75 Å². The Morgan fingerprint density at radius 1 is 1.37 bits per heavy atom. The van der Waals surface area contributed by atoms with Gasteiger partial charge in [-0.05, 0) is 68.5 Å². The molecule has 0 saturated carbocycles. The van der Waals surface area contributed by atoms with Crippen molar-refractivity contribution in [2.24, 2.45) is 0 Å². The van der Waals surface area contributed by atoms with Crippen LogP contribution in [0.5, 0.6) is 5.75 Å². The number of ether oxygens (including phenoxy) is 1. The van der Waals surface area contributed by atoms with Gasteiger partial charge in [-0.1, -0.05) is 15.9 Å². The second-order valence-corrected chi connectivity index (χ2v) is 6.29. The van der Waals surface area contributed by atoms with Crippen LogP contribution in [-0.2, 0) is 5.60 Å². The Hall–Kier alpha value is -1.06. The van der Waals surface area contributed by atoms with Gasteiger partial charge >= 0.3 is 0 Å². The number of allylic oxidation sites excluding steroid dienone is 2. The summed E-state index contributed by atoms with van der Waals surface area (Å²) in [6.45, 7) is 3.86. The maximum absolute atomic E-state index is 11.0. The molecule has 0 fully saturated rings. The molecule has 1 atom stereocenters. The largest absolute Gasteiger partial charge is 0.457 e. The van der Waals surface area contributed by atoms with Crippen LogP contribution in [0.1, 0.15) is 38.7 Å². The van der Waals surface area contributed by atoms with Crippen molar-refractivity contribution in [2.75, 3.05) is 0 Å². The third-order valence-electron chi connectivity index (χ3n) is 4.13. The van der Waals surface area contributed by atoms with Crippen molar-refractivity contribution in [2.45, 2.75) is 38.7 Å². The third-order valence-corrected chi connectivity index (χ3v) is 4.62. The minimum atomic E-state index is -0.985. The van der Waals surface area contributed by atoms with Gasteiger partial charge in [0.25, 0.3) is 0 Å². The molecular weight excluding hydrogens is 304 g/mol. The molecule has 19 heavy (non-hydrogen) atoms. The second-order valence-electron chi connectivity index (χ2n) is 5.38. The van der Waals surface area contributed by atoms with E-state index in [1.165, 1.54) is 0 Å². The highest BCUT2D eigenvalue weighted by Gasteiger charge is 2.35. The van der Waals surface area contributed by atoms with E-state index in [-0.39, 0.29) is 0 Å². The van der Waals surface area contributed by atoms with Gasteiger partial charge in [-0.15, -0.1) is 0 Å². The van der Waals surface area contributed by atoms with Gasteiger partial charge in [-0.25, -0.2) is 0 Å². The maximum Gasteiger partial charge on any atom is 0.133 e. The van der Waals surface area contributed by atoms with Crippen LogP contribution in [-0.4, -0.2) is 5.11 Å². The summed E-state index contributed by atoms with van der Waals surface area (Å²) >= 11 is 3.47. The van der Waals surface area contributed by atoms with Crippen LogP contribution in [0.4, 0.5) is 0 Å². The molecule has 2 nitrogen and oxygen atoms in total. The number of rotatable bonds is 0. The molecule has 0 radical (unpaired) electrons. The molecule has 3 heteroatoms. The Balaban J connectivity index is 2.26. The van der Waals surface area contributed by atoms with Gasteiger partial charge in [0.15, 0.2) is 0 Å². The van der Waals surface area contributed by atoms with Crippen LogP contribution >= 0.6 is 15.9 Å². The zero-order chi connectivity index (χ0) is 13.6. The first-order valence-corrected chi connectivity index (χ1v) is 7.40. The first-order valence-electron chi connectivity index (χ1n) is 6.61. The van der Waals surface area contributed by atoms with Crippen molar-refractivity contribution >= 4 is 15.9 Å². The van der Waals surface area contributed by atoms with Gasteiger partial charge in [0, 0.05) is 10.0 Å². The summed E-state index contributed by atoms with van der Waals surface area (Å²) in [6.07, 6.45) is 5.27. The van der Waals surface area contributed by atoms with Crippen LogP contribution < -0.4 is 4.74 Å². The van der Waals surface area contributed by atoms with Gasteiger partial charge < -0.3 is 9.84 Å². The Bertz CT molecular complexity index is 597. The topological polar surface area (TPSA) is 29.5 Å². The van der Waals surface area contributed by atoms with Crippen LogP contribution in [0.25, 0.3) is 0 Å². The molecule has 1 aliphatic heterocycles. The van der Waals surface area contributed by atoms with E-state index >= 15 is 0 Å². The molecule has 1 N–H and O–H groups in total. The predicted molar refractivity (Wildman–Crippen MR) is 79.0 cm³/mol. The minimum Gasteiger partial charge on any atom is -0.457 e. The molecule has 1 aliphatic carbocycles. The van der Waals surface area contributed by atoms with E-state index in [0.717, 1.165) is 52.0 Å². The van der Waals surface area contributed by atoms with E-state index in [9.17, 15) is 5.11 Å². The Morgan fingerprint density at radius 3 is 2.95 bits per heavy atom. The van der Waals surface area contributed by atoms with Crippen molar-refractivity contribution in [3.63, 3.8) is 0 Å². The van der Waals surface area contributed by atoms with Crippen molar-refractivity contribution in [1.29, 1.82) is 0 Å². The highest BCUT2D eigenvalue weighted by atomic mass is 79.9. The SMILES string of the molecule is CC1=C2CCCC=C2Oc2ccc(Br)cc2C1(C)O. The normalized spacial score (nSPS) is 26.0. The summed E-state index contributed by atoms with van der Waals surface area (Å²) in [4.78, 5) is 0. The van der Waals surface area contributed by atoms with E-state index in [1.54, 1.807) is 0 Å². The maximum atomic E-state index is 11.0. The number of hydrogen-bond acceptors (Lipinski definition) is 2. The first kappa shape index (κ1) is 12.9. The van der Waals surface area contributed by atoms with Gasteiger partial charge in [-0.3, -0.25) is 0 Å². The summed E-state index contributed by atoms with van der Waals surface area (Å²) < 4.78 is 7.00. The van der Waals surface area contributed by atoms with E-state index in [1.807, 2.05) is 32.0 Å². The molecule has 0 saturated heterocycles. The molecule has 0 aromatic heterocycles. The summed E-state index contributed by atoms with van der Waals surface area (Å²) in [5.74, 6) is 1.67. The average molecular weight is 321 g/mol. The van der Waals surface area contributed by atoms with E-state index < -0.39 is 5.60 Å². The van der Waals surface area contributed by atoms with Crippen LogP contribution in [0, 0.1) is 0 Å². The van der Waals surface area contributed by atoms with Gasteiger partial charge in [0.2, 0.25) is 0 Å². The van der Waals surface area contributed by atoms with E-state index in [2.05, 4.69) is 22.0 Å². The zero-order valence-corrected chi connectivity index (χ0v) is 12.8. The number of benzene rings is 1. The minimum absolute atomic E-state index is 0.746. The smallest absolute Gasteiger partial charge is 0.133 e. The monoisotopic (exact) mass is 320 g/mol. The summed E-state index contributed by atoms with van der Waals surface area (Å²) in [6, 6.07) is 5.80. The zero-order valence-electron chi connectivity index (χ0n) is 11.2. The van der Waals surface area contributed by atoms with Crippen molar-refractivity contribution in [1.82, 2.24) is 0 Å². The molecular formula is C16H17BrO2. The lowest BCUT2D eigenvalue weighted by atomic mass is 9.83. The molecule has 1 heterocycles. The Kier molecular flexibility index (Phi) is 3.06. The molecule has 1 aromatic rings. The average Bonchev–Trinajstić information content (AvgIpc) is 2.47. The summed E-state index contributed by atoms with van der Waals surface area (Å²) in [7, 11) is 0. The number of hydrogen-bond donors (Lipinski definition) is 1. The van der Waals surface area contributed by atoms with Crippen molar-refractivity contribution in [3.05, 3.63) is 51.2 Å². The lowest BCUT2D eigenvalue weighted by Crippen LogP contribution is -2.23. The van der Waals surface area contributed by atoms with Gasteiger partial charge in [0.1, 0.15) is 17.1 Å². The van der Waals surface area contributed by atoms with E-state index in [4.69, 9.17) is 4.74 Å². The van der Waals surface area contributed by atoms with E-state index in [0.29, 0.717) is 0 Å². The first-order chi connectivity index (χ1) is 9.00. The van der Waals surface area contributed by atoms with Gasteiger partial charge in [0.05, 0.1) is 0 Å². The standard InChI is InChI=1S/C16H17BrO2/c1-10-12-5-3-4-6-14(12)19-15-8-7-11(17)9-13(15)16(10,2)18/h6-9,18H,3-5H2,1-2H3. The van der Waals surface area contributed by atoms with Gasteiger partial charge in [-0.2, -0.15) is 0 Å². The highest BCUT2D eigenvalue weighted by molar-refractivity contribution is 9.10. The molecule has 1 unspecified atom stereocenters. The lowest BCUT2D eigenvalue weighted by molar-refractivity contribution is 0.0959. The summed E-state index contributed by atoms with van der Waals surface area (Å²) in [5, 5.41) is 11.0.